The van der Waals surface area contributed by atoms with Gasteiger partial charge in [-0.1, -0.05) is 18.9 Å². The Morgan fingerprint density at radius 2 is 2.03 bits per heavy atom. The first-order chi connectivity index (χ1) is 17.0. The summed E-state index contributed by atoms with van der Waals surface area (Å²) in [6, 6.07) is 9.22. The first kappa shape index (κ1) is 27.5. The maximum absolute atomic E-state index is 13.6. The lowest BCUT2D eigenvalue weighted by Gasteiger charge is -2.37. The third-order valence-electron chi connectivity index (χ3n) is 5.88. The Bertz CT molecular complexity index is 1220. The molecule has 1 aromatic heterocycles. The molecule has 2 aromatic rings. The van der Waals surface area contributed by atoms with E-state index < -0.39 is 22.2 Å². The summed E-state index contributed by atoms with van der Waals surface area (Å²) in [5.74, 6) is 5.86. The fourth-order valence-corrected chi connectivity index (χ4v) is 5.63. The lowest BCUT2D eigenvalue weighted by Crippen LogP contribution is -2.51. The number of aromatic nitrogens is 1. The molecule has 1 aliphatic heterocycles. The lowest BCUT2D eigenvalue weighted by molar-refractivity contribution is 0.0809. The van der Waals surface area contributed by atoms with E-state index in [1.54, 1.807) is 44.4 Å². The number of ether oxygens (including phenoxy) is 1. The summed E-state index contributed by atoms with van der Waals surface area (Å²) in [5, 5.41) is 12.6. The van der Waals surface area contributed by atoms with E-state index in [1.165, 1.54) is 15.3 Å². The molecule has 36 heavy (non-hydrogen) atoms. The summed E-state index contributed by atoms with van der Waals surface area (Å²) in [5.41, 5.74) is 1.15. The van der Waals surface area contributed by atoms with Gasteiger partial charge in [-0.25, -0.2) is 18.2 Å². The van der Waals surface area contributed by atoms with Crippen LogP contribution >= 0.6 is 0 Å². The molecule has 1 aromatic carbocycles. The van der Waals surface area contributed by atoms with E-state index in [9.17, 15) is 18.3 Å². The van der Waals surface area contributed by atoms with Crippen molar-refractivity contribution in [3.8, 4) is 17.6 Å². The standard InChI is InChI=1S/C26H34N4O5S/c1-18(2)28-26(32)29(5)16-24-19(3)15-30(20(4)17-31)36(33,34)25-12-10-21(14-23(25)35-24)9-11-22-8-6-7-13-27-22/h6-8,10,12-14,18-20,24,31H,15-17H2,1-5H3,(H,28,32)/t19-,20+,24+/m0/s1. The molecule has 0 radical (unpaired) electrons. The molecule has 3 rings (SSSR count). The zero-order chi connectivity index (χ0) is 26.5. The number of pyridine rings is 1. The summed E-state index contributed by atoms with van der Waals surface area (Å²) < 4.78 is 34.8. The number of likely N-dealkylation sites (N-methyl/N-ethyl adjacent to an activating group) is 1. The second-order valence-corrected chi connectivity index (χ2v) is 11.2. The molecule has 1 aliphatic rings. The molecule has 9 nitrogen and oxygen atoms in total. The number of hydrogen-bond donors (Lipinski definition) is 2. The zero-order valence-electron chi connectivity index (χ0n) is 21.3. The normalized spacial score (nSPS) is 20.1. The molecular formula is C26H34N4O5S. The average molecular weight is 515 g/mol. The van der Waals surface area contributed by atoms with Gasteiger partial charge in [0.1, 0.15) is 22.4 Å². The predicted molar refractivity (Wildman–Crippen MR) is 137 cm³/mol. The molecule has 0 spiro atoms. The number of sulfonamides is 1. The van der Waals surface area contributed by atoms with E-state index >= 15 is 0 Å². The molecule has 0 aliphatic carbocycles. The second-order valence-electron chi connectivity index (χ2n) is 9.35. The first-order valence-electron chi connectivity index (χ1n) is 11.9. The second kappa shape index (κ2) is 11.7. The van der Waals surface area contributed by atoms with Crippen LogP contribution in [0.4, 0.5) is 4.79 Å². The molecule has 194 valence electrons. The highest BCUT2D eigenvalue weighted by atomic mass is 32.2. The quantitative estimate of drug-likeness (QED) is 0.593. The Labute approximate surface area is 213 Å². The van der Waals surface area contributed by atoms with Crippen molar-refractivity contribution < 1.29 is 23.1 Å². The minimum Gasteiger partial charge on any atom is -0.487 e. The molecule has 0 unspecified atom stereocenters. The first-order valence-corrected chi connectivity index (χ1v) is 13.3. The fourth-order valence-electron chi connectivity index (χ4n) is 3.80. The minimum absolute atomic E-state index is 0.00243. The average Bonchev–Trinajstić information content (AvgIpc) is 2.84. The number of carbonyl (C=O) groups is 1. The van der Waals surface area contributed by atoms with E-state index in [0.717, 1.165) is 0 Å². The van der Waals surface area contributed by atoms with Gasteiger partial charge in [-0.15, -0.1) is 0 Å². The number of aliphatic hydroxyl groups excluding tert-OH is 1. The molecule has 2 heterocycles. The van der Waals surface area contributed by atoms with Crippen molar-refractivity contribution in [2.75, 3.05) is 26.7 Å². The van der Waals surface area contributed by atoms with Crippen LogP contribution in [0.2, 0.25) is 0 Å². The van der Waals surface area contributed by atoms with Gasteiger partial charge in [0.15, 0.2) is 0 Å². The van der Waals surface area contributed by atoms with Crippen molar-refractivity contribution in [2.45, 2.75) is 50.8 Å². The number of rotatable bonds is 5. The number of nitrogens with one attached hydrogen (secondary N) is 1. The third kappa shape index (κ3) is 6.55. The molecule has 2 amide bonds. The molecule has 0 fully saturated rings. The number of fused-ring (bicyclic) bond motifs is 1. The minimum atomic E-state index is -3.96. The molecule has 3 atom stereocenters. The maximum atomic E-state index is 13.6. The topological polar surface area (TPSA) is 112 Å². The van der Waals surface area contributed by atoms with Gasteiger partial charge in [0.25, 0.3) is 0 Å². The Kier molecular flexibility index (Phi) is 8.95. The van der Waals surface area contributed by atoms with Crippen LogP contribution in [0.15, 0.2) is 47.5 Å². The van der Waals surface area contributed by atoms with Gasteiger partial charge in [0.05, 0.1) is 13.2 Å². The van der Waals surface area contributed by atoms with E-state index in [0.29, 0.717) is 11.3 Å². The molecule has 0 saturated carbocycles. The monoisotopic (exact) mass is 514 g/mol. The molecule has 10 heteroatoms. The predicted octanol–water partition coefficient (Wildman–Crippen LogP) is 2.30. The Morgan fingerprint density at radius 1 is 1.28 bits per heavy atom. The largest absolute Gasteiger partial charge is 0.487 e. The number of nitrogens with zero attached hydrogens (tertiary/aromatic N) is 3. The van der Waals surface area contributed by atoms with Crippen LogP contribution in [0.5, 0.6) is 5.75 Å². The third-order valence-corrected chi connectivity index (χ3v) is 7.90. The molecule has 0 bridgehead atoms. The van der Waals surface area contributed by atoms with Gasteiger partial charge in [0, 0.05) is 43.4 Å². The van der Waals surface area contributed by atoms with Crippen LogP contribution in [0.3, 0.4) is 0 Å². The maximum Gasteiger partial charge on any atom is 0.317 e. The van der Waals surface area contributed by atoms with E-state index in [1.807, 2.05) is 26.8 Å². The highest BCUT2D eigenvalue weighted by molar-refractivity contribution is 7.89. The summed E-state index contributed by atoms with van der Waals surface area (Å²) >= 11 is 0. The van der Waals surface area contributed by atoms with Crippen LogP contribution in [-0.4, -0.2) is 78.7 Å². The summed E-state index contributed by atoms with van der Waals surface area (Å²) in [4.78, 5) is 18.2. The van der Waals surface area contributed by atoms with Crippen molar-refractivity contribution in [1.29, 1.82) is 0 Å². The van der Waals surface area contributed by atoms with Crippen LogP contribution < -0.4 is 10.1 Å². The summed E-state index contributed by atoms with van der Waals surface area (Å²) in [7, 11) is -2.29. The number of urea groups is 1. The fraction of sp³-hybridized carbons (Fsp3) is 0.462. The van der Waals surface area contributed by atoms with E-state index in [2.05, 4.69) is 22.1 Å². The van der Waals surface area contributed by atoms with E-state index in [-0.39, 0.29) is 48.3 Å². The Morgan fingerprint density at radius 3 is 2.67 bits per heavy atom. The summed E-state index contributed by atoms with van der Waals surface area (Å²) in [6.07, 6.45) is 1.14. The SMILES string of the molecule is CC(C)NC(=O)N(C)C[C@H]1Oc2cc(C#Cc3ccccn3)ccc2S(=O)(=O)N([C@H](C)CO)C[C@@H]1C. The number of aliphatic hydroxyl groups is 1. The molecule has 2 N–H and O–H groups in total. The highest BCUT2D eigenvalue weighted by Gasteiger charge is 2.38. The van der Waals surface area contributed by atoms with Crippen molar-refractivity contribution in [3.05, 3.63) is 53.9 Å². The highest BCUT2D eigenvalue weighted by Crippen LogP contribution is 2.34. The van der Waals surface area contributed by atoms with E-state index in [4.69, 9.17) is 4.74 Å². The number of amides is 2. The molecule has 0 saturated heterocycles. The van der Waals surface area contributed by atoms with Crippen LogP contribution in [-0.2, 0) is 10.0 Å². The van der Waals surface area contributed by atoms with Crippen LogP contribution in [0.1, 0.15) is 39.0 Å². The summed E-state index contributed by atoms with van der Waals surface area (Å²) in [6.45, 7) is 7.35. The molecular weight excluding hydrogens is 480 g/mol. The number of carbonyl (C=O) groups excluding carboxylic acids is 1. The van der Waals surface area contributed by atoms with Gasteiger partial charge in [-0.2, -0.15) is 4.31 Å². The van der Waals surface area contributed by atoms with Gasteiger partial charge in [-0.3, -0.25) is 0 Å². The van der Waals surface area contributed by atoms with Crippen molar-refractivity contribution in [3.63, 3.8) is 0 Å². The van der Waals surface area contributed by atoms with Gasteiger partial charge >= 0.3 is 6.03 Å². The lowest BCUT2D eigenvalue weighted by atomic mass is 10.0. The smallest absolute Gasteiger partial charge is 0.317 e. The van der Waals surface area contributed by atoms with Crippen molar-refractivity contribution in [2.24, 2.45) is 5.92 Å². The van der Waals surface area contributed by atoms with Gasteiger partial charge < -0.3 is 20.1 Å². The zero-order valence-corrected chi connectivity index (χ0v) is 22.1. The van der Waals surface area contributed by atoms with Crippen LogP contribution in [0, 0.1) is 17.8 Å². The van der Waals surface area contributed by atoms with Crippen molar-refractivity contribution >= 4 is 16.1 Å². The van der Waals surface area contributed by atoms with Gasteiger partial charge in [-0.05, 0) is 57.0 Å². The van der Waals surface area contributed by atoms with Crippen LogP contribution in [0.25, 0.3) is 0 Å². The van der Waals surface area contributed by atoms with Gasteiger partial charge in [0.2, 0.25) is 10.0 Å². The Balaban J connectivity index is 2.03. The number of benzene rings is 1. The number of hydrogen-bond acceptors (Lipinski definition) is 6. The Hall–Kier alpha value is -3.13. The van der Waals surface area contributed by atoms with Crippen molar-refractivity contribution in [1.82, 2.24) is 19.5 Å².